The molecular formula is C25H27Br3O5S. The zero-order valence-corrected chi connectivity index (χ0v) is 24.2. The van der Waals surface area contributed by atoms with Crippen molar-refractivity contribution in [3.05, 3.63) is 54.4 Å². The number of hydrogen-bond donors (Lipinski definition) is 1. The normalized spacial score (nSPS) is 18.1. The van der Waals surface area contributed by atoms with Crippen molar-refractivity contribution in [1.82, 2.24) is 0 Å². The van der Waals surface area contributed by atoms with Gasteiger partial charge in [0, 0.05) is 13.4 Å². The Bertz CT molecular complexity index is 1180. The van der Waals surface area contributed by atoms with Crippen molar-refractivity contribution in [2.75, 3.05) is 0 Å². The van der Waals surface area contributed by atoms with Crippen LogP contribution < -0.4 is 4.74 Å². The van der Waals surface area contributed by atoms with Gasteiger partial charge in [-0.2, -0.15) is 8.42 Å². The smallest absolute Gasteiger partial charge is 0.344 e. The van der Waals surface area contributed by atoms with Gasteiger partial charge in [0.25, 0.3) is 10.1 Å². The van der Waals surface area contributed by atoms with E-state index in [4.69, 9.17) is 4.74 Å². The SMILES string of the molecule is O=C(Oc1cc(C2CCCCC2)c(S(=O)(=O)O)cc1C1CCCCC1)c1cc(Br)cc(Br)c1Br. The van der Waals surface area contributed by atoms with Crippen LogP contribution in [0.4, 0.5) is 0 Å². The first-order valence-corrected chi connectivity index (χ1v) is 15.5. The van der Waals surface area contributed by atoms with Crippen LogP contribution in [0.5, 0.6) is 5.75 Å². The van der Waals surface area contributed by atoms with Gasteiger partial charge in [-0.1, -0.05) is 54.5 Å². The second-order valence-electron chi connectivity index (χ2n) is 9.21. The molecular weight excluding hydrogens is 652 g/mol. The fourth-order valence-corrected chi connectivity index (χ4v) is 7.64. The van der Waals surface area contributed by atoms with Crippen LogP contribution in [0.2, 0.25) is 0 Å². The highest BCUT2D eigenvalue weighted by Crippen LogP contribution is 2.44. The maximum atomic E-state index is 13.3. The molecule has 0 spiro atoms. The Morgan fingerprint density at radius 3 is 1.94 bits per heavy atom. The highest BCUT2D eigenvalue weighted by Gasteiger charge is 2.30. The van der Waals surface area contributed by atoms with Gasteiger partial charge in [-0.25, -0.2) is 4.79 Å². The van der Waals surface area contributed by atoms with Gasteiger partial charge < -0.3 is 4.74 Å². The molecule has 0 saturated heterocycles. The Morgan fingerprint density at radius 2 is 1.38 bits per heavy atom. The van der Waals surface area contributed by atoms with Crippen molar-refractivity contribution in [2.45, 2.75) is 80.9 Å². The van der Waals surface area contributed by atoms with Crippen LogP contribution in [0, 0.1) is 0 Å². The number of ether oxygens (including phenoxy) is 1. The molecule has 0 aliphatic heterocycles. The van der Waals surface area contributed by atoms with E-state index in [0.717, 1.165) is 68.7 Å². The van der Waals surface area contributed by atoms with Gasteiger partial charge >= 0.3 is 5.97 Å². The van der Waals surface area contributed by atoms with Crippen molar-refractivity contribution in [2.24, 2.45) is 0 Å². The molecule has 2 aliphatic carbocycles. The molecule has 2 aliphatic rings. The van der Waals surface area contributed by atoms with Crippen molar-refractivity contribution >= 4 is 63.9 Å². The maximum Gasteiger partial charge on any atom is 0.344 e. The predicted octanol–water partition coefficient (Wildman–Crippen LogP) is 8.54. The van der Waals surface area contributed by atoms with Gasteiger partial charge in [0.1, 0.15) is 5.75 Å². The van der Waals surface area contributed by atoms with Gasteiger partial charge in [0.15, 0.2) is 0 Å². The number of esters is 1. The molecule has 184 valence electrons. The van der Waals surface area contributed by atoms with E-state index in [0.29, 0.717) is 31.4 Å². The minimum absolute atomic E-state index is 0.00952. The lowest BCUT2D eigenvalue weighted by Crippen LogP contribution is -2.17. The summed E-state index contributed by atoms with van der Waals surface area (Å²) in [6, 6.07) is 6.80. The van der Waals surface area contributed by atoms with E-state index >= 15 is 0 Å². The molecule has 0 bridgehead atoms. The van der Waals surface area contributed by atoms with Crippen LogP contribution in [0.25, 0.3) is 0 Å². The third kappa shape index (κ3) is 5.97. The fraction of sp³-hybridized carbons (Fsp3) is 0.480. The minimum Gasteiger partial charge on any atom is -0.423 e. The lowest BCUT2D eigenvalue weighted by atomic mass is 9.80. The zero-order chi connectivity index (χ0) is 24.5. The summed E-state index contributed by atoms with van der Waals surface area (Å²) in [7, 11) is -4.42. The standard InChI is InChI=1S/C25H27Br3O5S/c26-17-11-20(24(28)21(27)12-17)25(29)33-22-13-19(16-9-5-2-6-10-16)23(34(30,31)32)14-18(22)15-7-3-1-4-8-15/h11-16H,1-10H2,(H,30,31,32). The van der Waals surface area contributed by atoms with Gasteiger partial charge in [-0.05, 0) is 105 Å². The third-order valence-corrected chi connectivity index (χ3v) is 10.3. The lowest BCUT2D eigenvalue weighted by molar-refractivity contribution is 0.0730. The maximum absolute atomic E-state index is 13.3. The summed E-state index contributed by atoms with van der Waals surface area (Å²) in [6.07, 6.45) is 9.82. The molecule has 1 N–H and O–H groups in total. The first kappa shape index (κ1) is 26.3. The summed E-state index contributed by atoms with van der Waals surface area (Å²) in [5.74, 6) is -0.0431. The van der Waals surface area contributed by atoms with E-state index < -0.39 is 16.1 Å². The largest absolute Gasteiger partial charge is 0.423 e. The fourth-order valence-electron chi connectivity index (χ4n) is 5.23. The minimum atomic E-state index is -4.42. The molecule has 0 atom stereocenters. The first-order chi connectivity index (χ1) is 16.1. The molecule has 2 saturated carbocycles. The first-order valence-electron chi connectivity index (χ1n) is 11.7. The van der Waals surface area contributed by atoms with Gasteiger partial charge in [-0.3, -0.25) is 4.55 Å². The van der Waals surface area contributed by atoms with Crippen LogP contribution in [0.3, 0.4) is 0 Å². The number of rotatable bonds is 5. The Hall–Kier alpha value is -0.740. The summed E-state index contributed by atoms with van der Waals surface area (Å²) < 4.78 is 43.0. The zero-order valence-electron chi connectivity index (χ0n) is 18.7. The van der Waals surface area contributed by atoms with Crippen molar-refractivity contribution in [3.63, 3.8) is 0 Å². The van der Waals surface area contributed by atoms with Crippen molar-refractivity contribution < 1.29 is 22.5 Å². The van der Waals surface area contributed by atoms with E-state index in [-0.39, 0.29) is 16.7 Å². The number of hydrogen-bond acceptors (Lipinski definition) is 4. The molecule has 2 aromatic carbocycles. The Balaban J connectivity index is 1.82. The van der Waals surface area contributed by atoms with E-state index in [1.165, 1.54) is 0 Å². The summed E-state index contributed by atoms with van der Waals surface area (Å²) in [5, 5.41) is 0. The molecule has 0 radical (unpaired) electrons. The summed E-state index contributed by atoms with van der Waals surface area (Å²) in [4.78, 5) is 13.2. The molecule has 9 heteroatoms. The Morgan fingerprint density at radius 1 is 0.824 bits per heavy atom. The van der Waals surface area contributed by atoms with Crippen molar-refractivity contribution in [3.8, 4) is 5.75 Å². The summed E-state index contributed by atoms with van der Waals surface area (Å²) in [6.45, 7) is 0. The third-order valence-electron chi connectivity index (χ3n) is 6.93. The average Bonchev–Trinajstić information content (AvgIpc) is 2.81. The van der Waals surface area contributed by atoms with Crippen LogP contribution in [-0.4, -0.2) is 18.9 Å². The molecule has 34 heavy (non-hydrogen) atoms. The molecule has 0 unspecified atom stereocenters. The van der Waals surface area contributed by atoms with E-state index in [1.807, 2.05) is 6.07 Å². The number of halogens is 3. The number of carbonyl (C=O) groups is 1. The van der Waals surface area contributed by atoms with Crippen LogP contribution in [-0.2, 0) is 10.1 Å². The predicted molar refractivity (Wildman–Crippen MR) is 142 cm³/mol. The number of carbonyl (C=O) groups excluding carboxylic acids is 1. The Kier molecular flexibility index (Phi) is 8.61. The van der Waals surface area contributed by atoms with E-state index in [1.54, 1.807) is 18.2 Å². The molecule has 0 heterocycles. The second-order valence-corrected chi connectivity index (χ2v) is 13.2. The quantitative estimate of drug-likeness (QED) is 0.148. The van der Waals surface area contributed by atoms with Gasteiger partial charge in [0.05, 0.1) is 10.5 Å². The molecule has 0 amide bonds. The monoisotopic (exact) mass is 676 g/mol. The van der Waals surface area contributed by atoms with Crippen LogP contribution >= 0.6 is 47.8 Å². The average molecular weight is 679 g/mol. The highest BCUT2D eigenvalue weighted by molar-refractivity contribution is 9.13. The Labute approximate surface area is 226 Å². The highest BCUT2D eigenvalue weighted by atomic mass is 79.9. The number of benzene rings is 2. The molecule has 0 aromatic heterocycles. The molecule has 4 rings (SSSR count). The second kappa shape index (κ2) is 11.1. The summed E-state index contributed by atoms with van der Waals surface area (Å²) in [5.41, 5.74) is 1.60. The van der Waals surface area contributed by atoms with E-state index in [9.17, 15) is 17.8 Å². The van der Waals surface area contributed by atoms with Gasteiger partial charge in [-0.15, -0.1) is 0 Å². The molecule has 2 aromatic rings. The topological polar surface area (TPSA) is 80.7 Å². The van der Waals surface area contributed by atoms with Crippen LogP contribution in [0.15, 0.2) is 42.6 Å². The van der Waals surface area contributed by atoms with E-state index in [2.05, 4.69) is 47.8 Å². The summed E-state index contributed by atoms with van der Waals surface area (Å²) >= 11 is 10.3. The molecule has 5 nitrogen and oxygen atoms in total. The van der Waals surface area contributed by atoms with Crippen molar-refractivity contribution in [1.29, 1.82) is 0 Å². The molecule has 2 fully saturated rings. The lowest BCUT2D eigenvalue weighted by Gasteiger charge is -2.28. The van der Waals surface area contributed by atoms with Gasteiger partial charge in [0.2, 0.25) is 0 Å². The van der Waals surface area contributed by atoms with Crippen LogP contribution in [0.1, 0.15) is 97.5 Å².